The van der Waals surface area contributed by atoms with Gasteiger partial charge in [-0.3, -0.25) is 0 Å². The number of ether oxygens (including phenoxy) is 3. The highest BCUT2D eigenvalue weighted by atomic mass is 16.6. The molecule has 0 spiro atoms. The largest absolute Gasteiger partial charge is 0.483 e. The number of carbonyl (C=O) groups excluding carboxylic acids is 1. The zero-order valence-electron chi connectivity index (χ0n) is 15.4. The van der Waals surface area contributed by atoms with Crippen LogP contribution < -0.4 is 10.4 Å². The lowest BCUT2D eigenvalue weighted by Crippen LogP contribution is -2.22. The average molecular weight is 382 g/mol. The van der Waals surface area contributed by atoms with Gasteiger partial charge in [0.25, 0.3) is 0 Å². The van der Waals surface area contributed by atoms with Crippen LogP contribution in [-0.2, 0) is 14.3 Å². The van der Waals surface area contributed by atoms with Crippen molar-refractivity contribution in [2.45, 2.75) is 38.1 Å². The van der Waals surface area contributed by atoms with Crippen LogP contribution in [0.4, 0.5) is 0 Å². The van der Waals surface area contributed by atoms with Crippen molar-refractivity contribution in [1.29, 1.82) is 0 Å². The molecule has 5 rings (SSSR count). The summed E-state index contributed by atoms with van der Waals surface area (Å²) in [5.41, 5.74) is 0.585. The predicted octanol–water partition coefficient (Wildman–Crippen LogP) is 3.34. The second-order valence-corrected chi connectivity index (χ2v) is 7.45. The number of furan rings is 1. The van der Waals surface area contributed by atoms with E-state index in [1.165, 1.54) is 6.07 Å². The number of fused-ring (bicyclic) bond motifs is 2. The van der Waals surface area contributed by atoms with E-state index in [4.69, 9.17) is 23.0 Å². The van der Waals surface area contributed by atoms with Crippen molar-refractivity contribution in [2.75, 3.05) is 6.61 Å². The van der Waals surface area contributed by atoms with Crippen molar-refractivity contribution in [1.82, 2.24) is 0 Å². The predicted molar refractivity (Wildman–Crippen MR) is 99.3 cm³/mol. The molecule has 2 aromatic heterocycles. The Hall–Kier alpha value is -3.06. The third-order valence-electron chi connectivity index (χ3n) is 5.32. The van der Waals surface area contributed by atoms with Crippen LogP contribution in [0.1, 0.15) is 20.3 Å². The zero-order chi connectivity index (χ0) is 19.5. The van der Waals surface area contributed by atoms with Gasteiger partial charge in [-0.1, -0.05) is 0 Å². The molecule has 28 heavy (non-hydrogen) atoms. The Morgan fingerprint density at radius 3 is 2.75 bits per heavy atom. The highest BCUT2D eigenvalue weighted by molar-refractivity contribution is 5.99. The minimum atomic E-state index is -0.457. The summed E-state index contributed by atoms with van der Waals surface area (Å²) in [6.45, 7) is 3.96. The van der Waals surface area contributed by atoms with Gasteiger partial charge in [-0.05, 0) is 38.1 Å². The third-order valence-corrected chi connectivity index (χ3v) is 5.32. The molecule has 0 unspecified atom stereocenters. The number of hydrogen-bond acceptors (Lipinski definition) is 7. The Labute approximate surface area is 159 Å². The molecule has 7 nitrogen and oxygen atoms in total. The molecule has 2 aliphatic heterocycles. The maximum absolute atomic E-state index is 11.7. The molecule has 4 heterocycles. The van der Waals surface area contributed by atoms with Crippen molar-refractivity contribution in [2.24, 2.45) is 0 Å². The van der Waals surface area contributed by atoms with Crippen LogP contribution in [0.5, 0.6) is 5.75 Å². The fourth-order valence-electron chi connectivity index (χ4n) is 3.69. The van der Waals surface area contributed by atoms with Crippen LogP contribution in [0.2, 0.25) is 0 Å². The molecule has 1 aromatic carbocycles. The fraction of sp³-hybridized carbons (Fsp3) is 0.333. The minimum Gasteiger partial charge on any atom is -0.483 e. The Morgan fingerprint density at radius 1 is 1.14 bits per heavy atom. The van der Waals surface area contributed by atoms with Crippen molar-refractivity contribution >= 4 is 27.9 Å². The smallest absolute Gasteiger partial charge is 0.336 e. The van der Waals surface area contributed by atoms with E-state index in [1.54, 1.807) is 19.3 Å². The Kier molecular flexibility index (Phi) is 3.64. The Morgan fingerprint density at radius 2 is 1.96 bits per heavy atom. The maximum atomic E-state index is 11.7. The van der Waals surface area contributed by atoms with Gasteiger partial charge < -0.3 is 23.0 Å². The lowest BCUT2D eigenvalue weighted by Gasteiger charge is -2.12. The van der Waals surface area contributed by atoms with Gasteiger partial charge in [0, 0.05) is 28.8 Å². The molecule has 0 saturated carbocycles. The summed E-state index contributed by atoms with van der Waals surface area (Å²) < 4.78 is 28.0. The highest BCUT2D eigenvalue weighted by Crippen LogP contribution is 2.43. The lowest BCUT2D eigenvalue weighted by atomic mass is 9.99. The van der Waals surface area contributed by atoms with Gasteiger partial charge in [0.2, 0.25) is 5.75 Å². The maximum Gasteiger partial charge on any atom is 0.336 e. The SMILES string of the molecule is CC1=C[C@@H](C[C@@]2(C)O[C@@H]2COc2c3occc3cc3ccc(=O)oc23)OC1=O. The van der Waals surface area contributed by atoms with Crippen molar-refractivity contribution in [3.8, 4) is 5.75 Å². The molecule has 3 atom stereocenters. The van der Waals surface area contributed by atoms with Crippen molar-refractivity contribution < 1.29 is 27.8 Å². The Balaban J connectivity index is 1.36. The first-order valence-corrected chi connectivity index (χ1v) is 9.07. The summed E-state index contributed by atoms with van der Waals surface area (Å²) in [6.07, 6.45) is 3.49. The molecule has 7 heteroatoms. The summed E-state index contributed by atoms with van der Waals surface area (Å²) in [5, 5.41) is 1.61. The topological polar surface area (TPSA) is 91.4 Å². The van der Waals surface area contributed by atoms with Gasteiger partial charge in [0.15, 0.2) is 11.2 Å². The van der Waals surface area contributed by atoms with Gasteiger partial charge in [0.1, 0.15) is 18.8 Å². The fourth-order valence-corrected chi connectivity index (χ4v) is 3.69. The molecule has 1 fully saturated rings. The van der Waals surface area contributed by atoms with E-state index in [0.29, 0.717) is 28.9 Å². The van der Waals surface area contributed by atoms with Gasteiger partial charge in [-0.25, -0.2) is 9.59 Å². The van der Waals surface area contributed by atoms with Gasteiger partial charge in [-0.15, -0.1) is 0 Å². The van der Waals surface area contributed by atoms with Crippen LogP contribution in [0.15, 0.2) is 55.8 Å². The van der Waals surface area contributed by atoms with Crippen LogP contribution in [0.3, 0.4) is 0 Å². The van der Waals surface area contributed by atoms with Crippen molar-refractivity contribution in [3.05, 3.63) is 52.6 Å². The minimum absolute atomic E-state index is 0.170. The summed E-state index contributed by atoms with van der Waals surface area (Å²) >= 11 is 0. The summed E-state index contributed by atoms with van der Waals surface area (Å²) in [6, 6.07) is 6.78. The summed E-state index contributed by atoms with van der Waals surface area (Å²) in [7, 11) is 0. The number of cyclic esters (lactones) is 1. The average Bonchev–Trinajstić information content (AvgIpc) is 2.94. The number of benzene rings is 1. The second-order valence-electron chi connectivity index (χ2n) is 7.45. The lowest BCUT2D eigenvalue weighted by molar-refractivity contribution is -0.140. The molecule has 0 bridgehead atoms. The molecular weight excluding hydrogens is 364 g/mol. The van der Waals surface area contributed by atoms with Crippen LogP contribution in [0.25, 0.3) is 21.9 Å². The number of esters is 1. The van der Waals surface area contributed by atoms with Gasteiger partial charge in [0.05, 0.1) is 11.9 Å². The molecule has 0 radical (unpaired) electrons. The second kappa shape index (κ2) is 5.97. The molecule has 0 amide bonds. The molecular formula is C21H18O7. The molecule has 144 valence electrons. The van der Waals surface area contributed by atoms with E-state index >= 15 is 0 Å². The number of epoxide rings is 1. The van der Waals surface area contributed by atoms with Crippen LogP contribution in [0, 0.1) is 0 Å². The van der Waals surface area contributed by atoms with E-state index in [9.17, 15) is 9.59 Å². The summed E-state index contributed by atoms with van der Waals surface area (Å²) in [4.78, 5) is 23.2. The van der Waals surface area contributed by atoms with Gasteiger partial charge in [-0.2, -0.15) is 0 Å². The zero-order valence-corrected chi connectivity index (χ0v) is 15.4. The van der Waals surface area contributed by atoms with Gasteiger partial charge >= 0.3 is 11.6 Å². The normalized spacial score (nSPS) is 26.5. The van der Waals surface area contributed by atoms with Crippen molar-refractivity contribution in [3.63, 3.8) is 0 Å². The van der Waals surface area contributed by atoms with E-state index in [1.807, 2.05) is 25.1 Å². The standard InChI is InChI=1S/C21H18O7/c1-11-7-14(26-20(11)23)9-21(2)15(28-21)10-25-19-17-13(5-6-24-17)8-12-3-4-16(22)27-18(12)19/h3-8,14-15H,9-10H2,1-2H3/t14-,15+,21+/m0/s1. The quantitative estimate of drug-likeness (QED) is 0.380. The summed E-state index contributed by atoms with van der Waals surface area (Å²) in [5.74, 6) is 0.101. The molecule has 3 aromatic rings. The first-order valence-electron chi connectivity index (χ1n) is 9.07. The van der Waals surface area contributed by atoms with E-state index in [0.717, 1.165) is 10.8 Å². The first-order chi connectivity index (χ1) is 13.4. The molecule has 1 saturated heterocycles. The highest BCUT2D eigenvalue weighted by Gasteiger charge is 2.54. The Bertz CT molecular complexity index is 1180. The number of carbonyl (C=O) groups is 1. The molecule has 2 aliphatic rings. The first kappa shape index (κ1) is 17.1. The number of rotatable bonds is 5. The molecule has 0 N–H and O–H groups in total. The van der Waals surface area contributed by atoms with Crippen LogP contribution >= 0.6 is 0 Å². The molecule has 0 aliphatic carbocycles. The third kappa shape index (κ3) is 2.79. The van der Waals surface area contributed by atoms with Crippen LogP contribution in [-0.4, -0.2) is 30.4 Å². The van der Waals surface area contributed by atoms with E-state index < -0.39 is 11.2 Å². The monoisotopic (exact) mass is 382 g/mol. The van der Waals surface area contributed by atoms with E-state index in [2.05, 4.69) is 0 Å². The van der Waals surface area contributed by atoms with E-state index in [-0.39, 0.29) is 24.8 Å². The number of hydrogen-bond donors (Lipinski definition) is 0.